The number of fused-ring (bicyclic) bond motifs is 1. The molecular formula is C22H25N3O7S. The summed E-state index contributed by atoms with van der Waals surface area (Å²) < 4.78 is 43.9. The minimum Gasteiger partial charge on any atom is -0.486 e. The smallest absolute Gasteiger partial charge is 0.309 e. The topological polar surface area (TPSA) is 123 Å². The monoisotopic (exact) mass is 475 g/mol. The lowest BCUT2D eigenvalue weighted by Gasteiger charge is -2.24. The highest BCUT2D eigenvalue weighted by Crippen LogP contribution is 2.34. The van der Waals surface area contributed by atoms with Crippen molar-refractivity contribution < 1.29 is 32.2 Å². The number of nitrogens with one attached hydrogen (secondary N) is 2. The summed E-state index contributed by atoms with van der Waals surface area (Å²) in [5, 5.41) is 4.99. The zero-order chi connectivity index (χ0) is 23.4. The van der Waals surface area contributed by atoms with Crippen molar-refractivity contribution in [2.75, 3.05) is 32.9 Å². The highest BCUT2D eigenvalue weighted by molar-refractivity contribution is 7.89. The van der Waals surface area contributed by atoms with Gasteiger partial charge in [0.25, 0.3) is 0 Å². The number of nitrogens with zero attached hydrogens (tertiary/aromatic N) is 1. The molecule has 2 aliphatic rings. The zero-order valence-corrected chi connectivity index (χ0v) is 18.9. The van der Waals surface area contributed by atoms with E-state index in [1.807, 2.05) is 31.2 Å². The molecule has 11 heteroatoms. The number of amides is 2. The van der Waals surface area contributed by atoms with Crippen LogP contribution in [0.25, 0.3) is 0 Å². The molecule has 0 saturated carbocycles. The van der Waals surface area contributed by atoms with Gasteiger partial charge < -0.3 is 24.8 Å². The molecule has 0 unspecified atom stereocenters. The Kier molecular flexibility index (Phi) is 6.82. The number of hydrogen-bond donors (Lipinski definition) is 2. The van der Waals surface area contributed by atoms with Crippen molar-refractivity contribution in [2.45, 2.75) is 24.6 Å². The Balaban J connectivity index is 1.34. The van der Waals surface area contributed by atoms with Crippen LogP contribution < -0.4 is 20.1 Å². The summed E-state index contributed by atoms with van der Waals surface area (Å²) >= 11 is 0. The van der Waals surface area contributed by atoms with Gasteiger partial charge in [-0.25, -0.2) is 8.42 Å². The Morgan fingerprint density at radius 2 is 1.67 bits per heavy atom. The van der Waals surface area contributed by atoms with Crippen LogP contribution in [-0.4, -0.2) is 63.7 Å². The fourth-order valence-electron chi connectivity index (χ4n) is 3.49. The van der Waals surface area contributed by atoms with Gasteiger partial charge in [0.15, 0.2) is 11.5 Å². The first-order chi connectivity index (χ1) is 15.8. The fraction of sp³-hybridized carbons (Fsp3) is 0.364. The normalized spacial score (nSPS) is 18.0. The molecule has 33 heavy (non-hydrogen) atoms. The van der Waals surface area contributed by atoms with Gasteiger partial charge in [0.1, 0.15) is 19.4 Å². The van der Waals surface area contributed by atoms with E-state index in [1.165, 1.54) is 12.1 Å². The highest BCUT2D eigenvalue weighted by atomic mass is 32.2. The molecule has 4 rings (SSSR count). The van der Waals surface area contributed by atoms with Crippen molar-refractivity contribution in [3.05, 3.63) is 53.6 Å². The minimum atomic E-state index is -3.92. The molecule has 0 aliphatic carbocycles. The largest absolute Gasteiger partial charge is 0.486 e. The van der Waals surface area contributed by atoms with Crippen LogP contribution in [0.15, 0.2) is 47.4 Å². The Labute approximate surface area is 191 Å². The predicted molar refractivity (Wildman–Crippen MR) is 117 cm³/mol. The van der Waals surface area contributed by atoms with Crippen LogP contribution in [0.5, 0.6) is 11.5 Å². The minimum absolute atomic E-state index is 0.0319. The van der Waals surface area contributed by atoms with Gasteiger partial charge in [0.2, 0.25) is 10.0 Å². The van der Waals surface area contributed by atoms with Crippen molar-refractivity contribution in [3.8, 4) is 11.5 Å². The molecule has 2 N–H and O–H groups in total. The summed E-state index contributed by atoms with van der Waals surface area (Å²) in [6.45, 7) is 3.03. The van der Waals surface area contributed by atoms with E-state index in [4.69, 9.17) is 14.2 Å². The van der Waals surface area contributed by atoms with Crippen LogP contribution in [-0.2, 0) is 30.9 Å². The number of carbonyl (C=O) groups excluding carboxylic acids is 2. The maximum atomic E-state index is 13.2. The lowest BCUT2D eigenvalue weighted by atomic mass is 10.1. The van der Waals surface area contributed by atoms with Gasteiger partial charge >= 0.3 is 11.8 Å². The summed E-state index contributed by atoms with van der Waals surface area (Å²) in [7, 11) is -3.92. The predicted octanol–water partition coefficient (Wildman–Crippen LogP) is 0.546. The first-order valence-electron chi connectivity index (χ1n) is 10.5. The number of aryl methyl sites for hydroxylation is 1. The summed E-state index contributed by atoms with van der Waals surface area (Å²) in [6, 6.07) is 11.9. The van der Waals surface area contributed by atoms with E-state index in [0.717, 1.165) is 15.4 Å². The third kappa shape index (κ3) is 5.27. The van der Waals surface area contributed by atoms with Crippen LogP contribution >= 0.6 is 0 Å². The van der Waals surface area contributed by atoms with Crippen molar-refractivity contribution >= 4 is 21.8 Å². The van der Waals surface area contributed by atoms with E-state index in [2.05, 4.69) is 10.6 Å². The molecule has 1 atom stereocenters. The average Bonchev–Trinajstić information content (AvgIpc) is 3.31. The van der Waals surface area contributed by atoms with Crippen molar-refractivity contribution in [2.24, 2.45) is 0 Å². The number of carbonyl (C=O) groups is 2. The molecule has 2 heterocycles. The average molecular weight is 476 g/mol. The molecule has 10 nitrogen and oxygen atoms in total. The molecule has 2 aromatic rings. The summed E-state index contributed by atoms with van der Waals surface area (Å²) in [5.74, 6) is -0.833. The van der Waals surface area contributed by atoms with Gasteiger partial charge in [-0.1, -0.05) is 29.8 Å². The highest BCUT2D eigenvalue weighted by Gasteiger charge is 2.37. The maximum Gasteiger partial charge on any atom is 0.309 e. The second-order valence-electron chi connectivity index (χ2n) is 7.62. The van der Waals surface area contributed by atoms with Crippen LogP contribution in [0.3, 0.4) is 0 Å². The Morgan fingerprint density at radius 1 is 0.970 bits per heavy atom. The van der Waals surface area contributed by atoms with Crippen molar-refractivity contribution in [3.63, 3.8) is 0 Å². The molecule has 0 radical (unpaired) electrons. The molecule has 2 aliphatic heterocycles. The van der Waals surface area contributed by atoms with Gasteiger partial charge in [-0.05, 0) is 24.6 Å². The van der Waals surface area contributed by atoms with Gasteiger partial charge in [-0.15, -0.1) is 0 Å². The van der Waals surface area contributed by atoms with Crippen LogP contribution in [0, 0.1) is 6.92 Å². The summed E-state index contributed by atoms with van der Waals surface area (Å²) in [4.78, 5) is 24.3. The number of ether oxygens (including phenoxy) is 3. The number of benzene rings is 2. The summed E-state index contributed by atoms with van der Waals surface area (Å²) in [5.41, 5.74) is 1.95. The molecule has 0 bridgehead atoms. The molecule has 0 spiro atoms. The third-order valence-corrected chi connectivity index (χ3v) is 7.17. The van der Waals surface area contributed by atoms with Gasteiger partial charge in [0.05, 0.1) is 18.0 Å². The van der Waals surface area contributed by atoms with E-state index in [9.17, 15) is 18.0 Å². The standard InChI is InChI=1S/C22H25N3O7S/c1-15-2-4-16(5-3-15)13-23-21(26)22(27)24-14-20-25(8-9-32-20)33(28,29)17-6-7-18-19(12-17)31-11-10-30-18/h2-7,12,20H,8-11,13-14H2,1H3,(H,23,26)(H,24,27)/t20-/m0/s1. The van der Waals surface area contributed by atoms with Crippen molar-refractivity contribution in [1.82, 2.24) is 14.9 Å². The lowest BCUT2D eigenvalue weighted by Crippen LogP contribution is -2.47. The number of hydrogen-bond acceptors (Lipinski definition) is 7. The molecule has 1 saturated heterocycles. The lowest BCUT2D eigenvalue weighted by molar-refractivity contribution is -0.139. The molecule has 2 aromatic carbocycles. The van der Waals surface area contributed by atoms with E-state index in [1.54, 1.807) is 6.07 Å². The molecule has 1 fully saturated rings. The van der Waals surface area contributed by atoms with Crippen molar-refractivity contribution in [1.29, 1.82) is 0 Å². The van der Waals surface area contributed by atoms with Crippen LogP contribution in [0.4, 0.5) is 0 Å². The Hall–Kier alpha value is -3.15. The van der Waals surface area contributed by atoms with E-state index < -0.39 is 28.1 Å². The first kappa shape index (κ1) is 23.0. The molecule has 2 amide bonds. The number of sulfonamides is 1. The molecule has 0 aromatic heterocycles. The first-order valence-corrected chi connectivity index (χ1v) is 11.9. The van der Waals surface area contributed by atoms with Crippen LogP contribution in [0.2, 0.25) is 0 Å². The van der Waals surface area contributed by atoms with Gasteiger partial charge in [0, 0.05) is 19.2 Å². The van der Waals surface area contributed by atoms with Gasteiger partial charge in [-0.2, -0.15) is 4.31 Å². The zero-order valence-electron chi connectivity index (χ0n) is 18.1. The SMILES string of the molecule is Cc1ccc(CNC(=O)C(=O)NC[C@@H]2OCCN2S(=O)(=O)c2ccc3c(c2)OCCO3)cc1. The Bertz CT molecular complexity index is 1140. The van der Waals surface area contributed by atoms with E-state index in [0.29, 0.717) is 24.7 Å². The second kappa shape index (κ2) is 9.77. The maximum absolute atomic E-state index is 13.2. The third-order valence-electron chi connectivity index (χ3n) is 5.28. The van der Waals surface area contributed by atoms with E-state index >= 15 is 0 Å². The van der Waals surface area contributed by atoms with Crippen LogP contribution in [0.1, 0.15) is 11.1 Å². The van der Waals surface area contributed by atoms with E-state index in [-0.39, 0.29) is 31.1 Å². The second-order valence-corrected chi connectivity index (χ2v) is 9.52. The molecular weight excluding hydrogens is 450 g/mol. The van der Waals surface area contributed by atoms with Gasteiger partial charge in [-0.3, -0.25) is 9.59 Å². The quantitative estimate of drug-likeness (QED) is 0.585. The fourth-order valence-corrected chi connectivity index (χ4v) is 5.02. The molecule has 176 valence electrons. The Morgan fingerprint density at radius 3 is 2.42 bits per heavy atom. The summed E-state index contributed by atoms with van der Waals surface area (Å²) in [6.07, 6.45) is -0.933. The number of rotatable bonds is 6.